The van der Waals surface area contributed by atoms with E-state index in [2.05, 4.69) is 15.2 Å². The zero-order valence-electron chi connectivity index (χ0n) is 13.6. The minimum atomic E-state index is -0.294. The largest absolute Gasteiger partial charge is 0.390 e. The predicted molar refractivity (Wildman–Crippen MR) is 98.1 cm³/mol. The number of β-amino-alcohol motifs (C(OH)–C–C–N with tert-alkyl or cyclic N) is 1. The summed E-state index contributed by atoms with van der Waals surface area (Å²) in [4.78, 5) is 20.7. The topological polar surface area (TPSA) is 68.7 Å². The Kier molecular flexibility index (Phi) is 8.94. The molecule has 2 N–H and O–H groups in total. The summed E-state index contributed by atoms with van der Waals surface area (Å²) in [6.07, 6.45) is 4.96. The van der Waals surface area contributed by atoms with Crippen molar-refractivity contribution in [2.75, 3.05) is 39.3 Å². The molecule has 2 fully saturated rings. The van der Waals surface area contributed by atoms with Gasteiger partial charge in [-0.3, -0.25) is 14.7 Å². The van der Waals surface area contributed by atoms with Crippen LogP contribution in [0.2, 0.25) is 0 Å². The van der Waals surface area contributed by atoms with Gasteiger partial charge in [0, 0.05) is 57.7 Å². The Hall–Kier alpha value is -0.920. The molecule has 0 spiro atoms. The average Bonchev–Trinajstić information content (AvgIpc) is 2.80. The first-order valence-corrected chi connectivity index (χ1v) is 8.06. The van der Waals surface area contributed by atoms with E-state index in [1.165, 1.54) is 0 Å². The Morgan fingerprint density at radius 3 is 2.67 bits per heavy atom. The van der Waals surface area contributed by atoms with E-state index in [1.54, 1.807) is 18.5 Å². The van der Waals surface area contributed by atoms with Crippen molar-refractivity contribution in [3.63, 3.8) is 0 Å². The smallest absolute Gasteiger partial charge is 0.255 e. The summed E-state index contributed by atoms with van der Waals surface area (Å²) in [5.74, 6) is 0.0733. The Morgan fingerprint density at radius 2 is 2.00 bits per heavy atom. The molecule has 2 aliphatic heterocycles. The molecule has 1 unspecified atom stereocenters. The van der Waals surface area contributed by atoms with Crippen LogP contribution >= 0.6 is 24.8 Å². The van der Waals surface area contributed by atoms with Crippen LogP contribution < -0.4 is 5.32 Å². The van der Waals surface area contributed by atoms with Gasteiger partial charge in [-0.25, -0.2) is 0 Å². The molecule has 0 bridgehead atoms. The van der Waals surface area contributed by atoms with Gasteiger partial charge in [-0.1, -0.05) is 0 Å². The van der Waals surface area contributed by atoms with Gasteiger partial charge in [0.05, 0.1) is 11.7 Å². The summed E-state index contributed by atoms with van der Waals surface area (Å²) in [7, 11) is 0. The van der Waals surface area contributed by atoms with E-state index in [0.29, 0.717) is 18.2 Å². The van der Waals surface area contributed by atoms with Crippen LogP contribution in [-0.4, -0.2) is 77.2 Å². The summed E-state index contributed by atoms with van der Waals surface area (Å²) in [6, 6.07) is 4.08. The molecule has 0 aromatic carbocycles. The second kappa shape index (κ2) is 10.2. The van der Waals surface area contributed by atoms with E-state index in [0.717, 1.165) is 45.6 Å². The molecule has 2 aliphatic rings. The van der Waals surface area contributed by atoms with Gasteiger partial charge in [-0.15, -0.1) is 24.8 Å². The fourth-order valence-electron chi connectivity index (χ4n) is 3.36. The Labute approximate surface area is 155 Å². The summed E-state index contributed by atoms with van der Waals surface area (Å²) in [6.45, 7) is 4.85. The highest BCUT2D eigenvalue weighted by Gasteiger charge is 2.29. The maximum absolute atomic E-state index is 12.4. The molecule has 1 amide bonds. The van der Waals surface area contributed by atoms with E-state index in [9.17, 15) is 9.90 Å². The van der Waals surface area contributed by atoms with Crippen molar-refractivity contribution >= 4 is 30.7 Å². The molecule has 3 heterocycles. The maximum Gasteiger partial charge on any atom is 0.255 e. The third-order valence-corrected chi connectivity index (χ3v) is 4.58. The number of aliphatic hydroxyl groups excluding tert-OH is 1. The number of hydrogen-bond donors (Lipinski definition) is 2. The SMILES string of the molecule is Cl.Cl.O=C(c1cccnc1)N1CCC(N2CCNCC(O)C2)CC1. The molecule has 0 aliphatic carbocycles. The molecule has 8 heteroatoms. The van der Waals surface area contributed by atoms with E-state index in [1.807, 2.05) is 11.0 Å². The van der Waals surface area contributed by atoms with Gasteiger partial charge in [0.15, 0.2) is 0 Å². The molecule has 136 valence electrons. The summed E-state index contributed by atoms with van der Waals surface area (Å²) >= 11 is 0. The number of halogens is 2. The number of carbonyl (C=O) groups excluding carboxylic acids is 1. The molecule has 3 rings (SSSR count). The number of nitrogens with one attached hydrogen (secondary N) is 1. The normalized spacial score (nSPS) is 22.9. The van der Waals surface area contributed by atoms with E-state index in [4.69, 9.17) is 0 Å². The molecular weight excluding hydrogens is 351 g/mol. The lowest BCUT2D eigenvalue weighted by Gasteiger charge is -2.38. The Morgan fingerprint density at radius 1 is 1.25 bits per heavy atom. The lowest BCUT2D eigenvalue weighted by atomic mass is 10.0. The van der Waals surface area contributed by atoms with Crippen molar-refractivity contribution in [1.82, 2.24) is 20.1 Å². The Balaban J connectivity index is 0.00000144. The zero-order valence-corrected chi connectivity index (χ0v) is 15.3. The minimum absolute atomic E-state index is 0. The van der Waals surface area contributed by atoms with Crippen LogP contribution in [0.5, 0.6) is 0 Å². The van der Waals surface area contributed by atoms with Crippen LogP contribution in [0.1, 0.15) is 23.2 Å². The monoisotopic (exact) mass is 376 g/mol. The molecule has 0 saturated carbocycles. The summed E-state index contributed by atoms with van der Waals surface area (Å²) in [5, 5.41) is 13.2. The number of hydrogen-bond acceptors (Lipinski definition) is 5. The van der Waals surface area contributed by atoms with Crippen LogP contribution in [0.25, 0.3) is 0 Å². The van der Waals surface area contributed by atoms with Gasteiger partial charge < -0.3 is 15.3 Å². The lowest BCUT2D eigenvalue weighted by molar-refractivity contribution is 0.0539. The number of carbonyl (C=O) groups is 1. The van der Waals surface area contributed by atoms with Gasteiger partial charge in [-0.2, -0.15) is 0 Å². The number of likely N-dealkylation sites (tertiary alicyclic amines) is 1. The van der Waals surface area contributed by atoms with Crippen LogP contribution in [0, 0.1) is 0 Å². The second-order valence-corrected chi connectivity index (χ2v) is 6.12. The molecule has 1 aromatic rings. The van der Waals surface area contributed by atoms with Crippen LogP contribution in [0.3, 0.4) is 0 Å². The van der Waals surface area contributed by atoms with E-state index < -0.39 is 0 Å². The van der Waals surface area contributed by atoms with Crippen LogP contribution in [0.15, 0.2) is 24.5 Å². The number of aliphatic hydroxyl groups is 1. The van der Waals surface area contributed by atoms with Crippen LogP contribution in [-0.2, 0) is 0 Å². The second-order valence-electron chi connectivity index (χ2n) is 6.12. The maximum atomic E-state index is 12.4. The number of pyridine rings is 1. The summed E-state index contributed by atoms with van der Waals surface area (Å²) in [5.41, 5.74) is 0.662. The molecule has 0 radical (unpaired) electrons. The number of amides is 1. The molecule has 24 heavy (non-hydrogen) atoms. The molecule has 1 aromatic heterocycles. The van der Waals surface area contributed by atoms with Gasteiger partial charge in [0.2, 0.25) is 0 Å². The van der Waals surface area contributed by atoms with Crippen molar-refractivity contribution in [3.8, 4) is 0 Å². The number of aromatic nitrogens is 1. The predicted octanol–water partition coefficient (Wildman–Crippen LogP) is 0.796. The zero-order chi connectivity index (χ0) is 15.4. The lowest BCUT2D eigenvalue weighted by Crippen LogP contribution is -2.48. The van der Waals surface area contributed by atoms with E-state index in [-0.39, 0.29) is 36.8 Å². The molecule has 6 nitrogen and oxygen atoms in total. The number of piperidine rings is 1. The fourth-order valence-corrected chi connectivity index (χ4v) is 3.36. The van der Waals surface area contributed by atoms with Crippen molar-refractivity contribution < 1.29 is 9.90 Å². The van der Waals surface area contributed by atoms with Gasteiger partial charge >= 0.3 is 0 Å². The van der Waals surface area contributed by atoms with Crippen LogP contribution in [0.4, 0.5) is 0 Å². The minimum Gasteiger partial charge on any atom is -0.390 e. The number of nitrogens with zero attached hydrogens (tertiary/aromatic N) is 3. The third kappa shape index (κ3) is 5.29. The Bertz CT molecular complexity index is 498. The van der Waals surface area contributed by atoms with Crippen molar-refractivity contribution in [3.05, 3.63) is 30.1 Å². The summed E-state index contributed by atoms with van der Waals surface area (Å²) < 4.78 is 0. The highest BCUT2D eigenvalue weighted by molar-refractivity contribution is 5.93. The third-order valence-electron chi connectivity index (χ3n) is 4.58. The highest BCUT2D eigenvalue weighted by Crippen LogP contribution is 2.19. The standard InChI is InChI=1S/C16H24N4O2.2ClH/c21-15-11-18-6-9-20(12-15)14-3-7-19(8-4-14)16(22)13-2-1-5-17-10-13;;/h1-2,5,10,14-15,18,21H,3-4,6-9,11-12H2;2*1H. The molecule has 2 saturated heterocycles. The average molecular weight is 377 g/mol. The fraction of sp³-hybridized carbons (Fsp3) is 0.625. The van der Waals surface area contributed by atoms with Crippen molar-refractivity contribution in [2.24, 2.45) is 0 Å². The quantitative estimate of drug-likeness (QED) is 0.798. The number of rotatable bonds is 2. The van der Waals surface area contributed by atoms with Crippen molar-refractivity contribution in [1.29, 1.82) is 0 Å². The molecular formula is C16H26Cl2N4O2. The first-order chi connectivity index (χ1) is 10.7. The van der Waals surface area contributed by atoms with E-state index >= 15 is 0 Å². The first kappa shape index (κ1) is 21.1. The van der Waals surface area contributed by atoms with Gasteiger partial charge in [0.25, 0.3) is 5.91 Å². The molecule has 1 atom stereocenters. The highest BCUT2D eigenvalue weighted by atomic mass is 35.5. The first-order valence-electron chi connectivity index (χ1n) is 8.06. The van der Waals surface area contributed by atoms with Crippen molar-refractivity contribution in [2.45, 2.75) is 25.0 Å². The van der Waals surface area contributed by atoms with Gasteiger partial charge in [-0.05, 0) is 25.0 Å². The van der Waals surface area contributed by atoms with Gasteiger partial charge in [0.1, 0.15) is 0 Å².